The zero-order valence-electron chi connectivity index (χ0n) is 37.6. The Morgan fingerprint density at radius 2 is 0.651 bits per heavy atom. The number of aromatic nitrogens is 4. The van der Waals surface area contributed by atoms with Crippen LogP contribution >= 0.6 is 0 Å². The number of carboxylic acid groups (broad SMARTS) is 1. The van der Waals surface area contributed by atoms with Gasteiger partial charge in [-0.05, 0) is 116 Å². The van der Waals surface area contributed by atoms with Gasteiger partial charge in [0.1, 0.15) is 0 Å². The fraction of sp³-hybridized carbons (Fsp3) is 0.211. The third kappa shape index (κ3) is 7.98. The standard InChI is InChI=1S/C57H54N4O2/c1-55(2,3)39-20-14-35(15-21-39)51-44-28-26-42(58-44)50(34-10-12-38(13-11-34)54(62)63)43-27-29-45(59-43)52(36-16-22-40(23-17-36)56(4,5)6)47-31-33-49(61-47)53(48-32-30-46(51)60-48)37-18-24-41(25-19-37)57(7,8)9/h10-33,58-59H,1-9H3,(H,62,63). The van der Waals surface area contributed by atoms with E-state index in [2.05, 4.69) is 194 Å². The molecule has 3 aromatic heterocycles. The van der Waals surface area contributed by atoms with Crippen LogP contribution in [-0.4, -0.2) is 31.0 Å². The van der Waals surface area contributed by atoms with Gasteiger partial charge in [-0.25, -0.2) is 14.8 Å². The Kier molecular flexibility index (Phi) is 10.1. The van der Waals surface area contributed by atoms with Crippen LogP contribution in [0, 0.1) is 0 Å². The molecule has 0 spiro atoms. The van der Waals surface area contributed by atoms with Crippen LogP contribution in [0.15, 0.2) is 121 Å². The van der Waals surface area contributed by atoms with Crippen molar-refractivity contribution in [3.63, 3.8) is 0 Å². The van der Waals surface area contributed by atoms with E-state index in [1.165, 1.54) is 16.7 Å². The van der Waals surface area contributed by atoms with Gasteiger partial charge in [0.2, 0.25) is 0 Å². The average Bonchev–Trinajstić information content (AvgIpc) is 4.09. The van der Waals surface area contributed by atoms with Gasteiger partial charge < -0.3 is 15.1 Å². The molecule has 7 aromatic rings. The molecule has 0 saturated heterocycles. The van der Waals surface area contributed by atoms with E-state index in [0.29, 0.717) is 0 Å². The number of benzene rings is 4. The number of nitrogens with one attached hydrogen (secondary N) is 2. The normalized spacial score (nSPS) is 12.8. The van der Waals surface area contributed by atoms with Crippen molar-refractivity contribution in [3.8, 4) is 44.5 Å². The largest absolute Gasteiger partial charge is 0.478 e. The summed E-state index contributed by atoms with van der Waals surface area (Å²) in [5, 5.41) is 9.80. The predicted octanol–water partition coefficient (Wildman–Crippen LogP) is 14.9. The summed E-state index contributed by atoms with van der Waals surface area (Å²) in [6.07, 6.45) is 8.48. The first-order valence-electron chi connectivity index (χ1n) is 21.8. The molecule has 3 N–H and O–H groups in total. The summed E-state index contributed by atoms with van der Waals surface area (Å²) in [5.41, 5.74) is 18.7. The van der Waals surface area contributed by atoms with Gasteiger partial charge in [-0.3, -0.25) is 0 Å². The lowest BCUT2D eigenvalue weighted by Gasteiger charge is -2.19. The highest BCUT2D eigenvalue weighted by molar-refractivity contribution is 6.00. The molecule has 8 bridgehead atoms. The first-order chi connectivity index (χ1) is 29.9. The Labute approximate surface area is 370 Å². The summed E-state index contributed by atoms with van der Waals surface area (Å²) in [5.74, 6) is -0.965. The molecule has 0 saturated carbocycles. The molecule has 0 unspecified atom stereocenters. The summed E-state index contributed by atoms with van der Waals surface area (Å²) in [7, 11) is 0. The number of aromatic carboxylic acids is 1. The molecule has 2 aliphatic rings. The van der Waals surface area contributed by atoms with E-state index in [1.807, 2.05) is 12.1 Å². The van der Waals surface area contributed by atoms with Crippen molar-refractivity contribution in [2.45, 2.75) is 78.6 Å². The Morgan fingerprint density at radius 1 is 0.381 bits per heavy atom. The van der Waals surface area contributed by atoms with Gasteiger partial charge in [0, 0.05) is 44.3 Å². The van der Waals surface area contributed by atoms with Gasteiger partial charge >= 0.3 is 5.97 Å². The van der Waals surface area contributed by atoms with E-state index in [4.69, 9.17) is 9.97 Å². The molecule has 63 heavy (non-hydrogen) atoms. The van der Waals surface area contributed by atoms with Gasteiger partial charge in [0.15, 0.2) is 0 Å². The summed E-state index contributed by atoms with van der Waals surface area (Å²) >= 11 is 0. The zero-order chi connectivity index (χ0) is 44.4. The van der Waals surface area contributed by atoms with Crippen molar-refractivity contribution in [2.24, 2.45) is 0 Å². The SMILES string of the molecule is CC(C)(C)c1ccc(-c2c3nc(c(-c4ccc(C(C)(C)C)cc4)c4ccc([nH]4)c(-c4ccc(C(=O)O)cc4)c4ccc([nH]4)c(-c4ccc(C(C)(C)C)cc4)c4nc2C=C4)C=C3)cc1. The number of nitrogens with zero attached hydrogens (tertiary/aromatic N) is 2. The molecule has 5 heterocycles. The Balaban J connectivity index is 1.42. The van der Waals surface area contributed by atoms with Crippen LogP contribution in [0.1, 0.15) is 112 Å². The molecule has 9 rings (SSSR count). The number of H-pyrrole nitrogens is 2. The third-order valence-electron chi connectivity index (χ3n) is 12.3. The Bertz CT molecular complexity index is 2980. The first-order valence-corrected chi connectivity index (χ1v) is 21.8. The van der Waals surface area contributed by atoms with Crippen LogP contribution in [0.4, 0.5) is 0 Å². The summed E-state index contributed by atoms with van der Waals surface area (Å²) in [4.78, 5) is 30.6. The molecule has 0 radical (unpaired) electrons. The molecule has 0 amide bonds. The van der Waals surface area contributed by atoms with Crippen LogP contribution in [0.2, 0.25) is 0 Å². The fourth-order valence-electron chi connectivity index (χ4n) is 8.61. The highest BCUT2D eigenvalue weighted by Crippen LogP contribution is 2.40. The van der Waals surface area contributed by atoms with E-state index in [1.54, 1.807) is 12.1 Å². The third-order valence-corrected chi connectivity index (χ3v) is 12.3. The monoisotopic (exact) mass is 826 g/mol. The lowest BCUT2D eigenvalue weighted by Crippen LogP contribution is -2.10. The minimum atomic E-state index is -0.965. The van der Waals surface area contributed by atoms with E-state index >= 15 is 0 Å². The molecule has 6 nitrogen and oxygen atoms in total. The molecular weight excluding hydrogens is 773 g/mol. The van der Waals surface area contributed by atoms with E-state index in [0.717, 1.165) is 89.4 Å². The van der Waals surface area contributed by atoms with Gasteiger partial charge in [0.05, 0.1) is 28.3 Å². The smallest absolute Gasteiger partial charge is 0.335 e. The summed E-state index contributed by atoms with van der Waals surface area (Å²) in [6.45, 7) is 20.1. The van der Waals surface area contributed by atoms with Crippen molar-refractivity contribution in [2.75, 3.05) is 0 Å². The van der Waals surface area contributed by atoms with Crippen LogP contribution in [0.25, 0.3) is 90.9 Å². The predicted molar refractivity (Wildman–Crippen MR) is 264 cm³/mol. The topological polar surface area (TPSA) is 94.7 Å². The average molecular weight is 827 g/mol. The molecule has 314 valence electrons. The Morgan fingerprint density at radius 3 is 0.968 bits per heavy atom. The minimum Gasteiger partial charge on any atom is -0.478 e. The van der Waals surface area contributed by atoms with Crippen LogP contribution in [0.3, 0.4) is 0 Å². The van der Waals surface area contributed by atoms with Crippen molar-refractivity contribution >= 4 is 52.3 Å². The number of fused-ring (bicyclic) bond motifs is 8. The van der Waals surface area contributed by atoms with Gasteiger partial charge in [-0.15, -0.1) is 0 Å². The maximum Gasteiger partial charge on any atom is 0.335 e. The number of hydrogen-bond acceptors (Lipinski definition) is 3. The van der Waals surface area contributed by atoms with Crippen LogP contribution < -0.4 is 0 Å². The van der Waals surface area contributed by atoms with Gasteiger partial charge in [0.25, 0.3) is 0 Å². The quantitative estimate of drug-likeness (QED) is 0.161. The van der Waals surface area contributed by atoms with Gasteiger partial charge in [-0.1, -0.05) is 147 Å². The molecular formula is C57H54N4O2. The van der Waals surface area contributed by atoms with E-state index in [9.17, 15) is 9.90 Å². The zero-order valence-corrected chi connectivity index (χ0v) is 37.6. The molecule has 6 heteroatoms. The van der Waals surface area contributed by atoms with Crippen molar-refractivity contribution in [3.05, 3.63) is 166 Å². The van der Waals surface area contributed by atoms with Crippen LogP contribution in [-0.2, 0) is 16.2 Å². The first kappa shape index (κ1) is 41.3. The maximum absolute atomic E-state index is 12.0. The molecule has 4 aromatic carbocycles. The second-order valence-electron chi connectivity index (χ2n) is 19.9. The molecule has 0 aliphatic carbocycles. The van der Waals surface area contributed by atoms with Crippen molar-refractivity contribution in [1.29, 1.82) is 0 Å². The van der Waals surface area contributed by atoms with Crippen molar-refractivity contribution < 1.29 is 9.90 Å². The number of carbonyl (C=O) groups is 1. The maximum atomic E-state index is 12.0. The molecule has 0 atom stereocenters. The number of carboxylic acids is 1. The number of rotatable bonds is 5. The molecule has 0 fully saturated rings. The number of aromatic amines is 2. The van der Waals surface area contributed by atoms with Crippen LogP contribution in [0.5, 0.6) is 0 Å². The second kappa shape index (κ2) is 15.4. The highest BCUT2D eigenvalue weighted by atomic mass is 16.4. The summed E-state index contributed by atoms with van der Waals surface area (Å²) in [6, 6.07) is 42.0. The number of hydrogen-bond donors (Lipinski definition) is 3. The summed E-state index contributed by atoms with van der Waals surface area (Å²) < 4.78 is 0. The fourth-order valence-corrected chi connectivity index (χ4v) is 8.61. The van der Waals surface area contributed by atoms with E-state index in [-0.39, 0.29) is 21.8 Å². The van der Waals surface area contributed by atoms with E-state index < -0.39 is 5.97 Å². The van der Waals surface area contributed by atoms with Crippen molar-refractivity contribution in [1.82, 2.24) is 19.9 Å². The van der Waals surface area contributed by atoms with Gasteiger partial charge in [-0.2, -0.15) is 0 Å². The Hall–Kier alpha value is -7.05. The second-order valence-corrected chi connectivity index (χ2v) is 19.9. The lowest BCUT2D eigenvalue weighted by atomic mass is 9.86. The molecule has 2 aliphatic heterocycles. The lowest BCUT2D eigenvalue weighted by molar-refractivity contribution is 0.0697. The highest BCUT2D eigenvalue weighted by Gasteiger charge is 2.22. The minimum absolute atomic E-state index is 0.00291.